The minimum absolute atomic E-state index is 0.194. The molecule has 0 saturated carbocycles. The first-order chi connectivity index (χ1) is 10.6. The van der Waals surface area contributed by atoms with E-state index in [1.54, 1.807) is 0 Å². The van der Waals surface area contributed by atoms with Crippen molar-refractivity contribution < 1.29 is 19.1 Å². The van der Waals surface area contributed by atoms with Crippen molar-refractivity contribution >= 4 is 11.9 Å². The second-order valence-corrected chi connectivity index (χ2v) is 4.23. The van der Waals surface area contributed by atoms with E-state index in [2.05, 4.69) is 23.7 Å². The number of hydrogen-bond acceptors (Lipinski definition) is 6. The fraction of sp³-hybridized carbons (Fsp3) is 0.625. The largest absolute Gasteiger partial charge is 0.440 e. The van der Waals surface area contributed by atoms with Gasteiger partial charge in [0.25, 0.3) is 0 Å². The van der Waals surface area contributed by atoms with Crippen LogP contribution in [0.3, 0.4) is 0 Å². The van der Waals surface area contributed by atoms with Crippen LogP contribution in [-0.4, -0.2) is 61.4 Å². The zero-order valence-corrected chi connectivity index (χ0v) is 13.8. The standard InChI is InChI=1S/C16H24N2O4/c1-5-17(6-2)13-21-15(19)11-9-10-12-16(20)22-14-18(7-3)8-4/h5-8,13-14H2,1-4H3. The van der Waals surface area contributed by atoms with Gasteiger partial charge in [-0.15, -0.1) is 0 Å². The molecule has 0 aromatic carbocycles. The van der Waals surface area contributed by atoms with Crippen LogP contribution in [0, 0.1) is 23.7 Å². The summed E-state index contributed by atoms with van der Waals surface area (Å²) < 4.78 is 9.85. The highest BCUT2D eigenvalue weighted by Gasteiger charge is 2.03. The zero-order chi connectivity index (χ0) is 16.8. The van der Waals surface area contributed by atoms with Gasteiger partial charge < -0.3 is 9.47 Å². The van der Waals surface area contributed by atoms with Crippen molar-refractivity contribution in [1.29, 1.82) is 0 Å². The summed E-state index contributed by atoms with van der Waals surface area (Å²) in [5.41, 5.74) is 0. The molecule has 0 aliphatic rings. The molecule has 0 heterocycles. The number of carbonyl (C=O) groups is 2. The van der Waals surface area contributed by atoms with Gasteiger partial charge in [0.1, 0.15) is 13.5 Å². The van der Waals surface area contributed by atoms with E-state index < -0.39 is 11.9 Å². The summed E-state index contributed by atoms with van der Waals surface area (Å²) in [6.45, 7) is 11.4. The zero-order valence-electron chi connectivity index (χ0n) is 13.8. The van der Waals surface area contributed by atoms with Crippen molar-refractivity contribution in [2.45, 2.75) is 27.7 Å². The van der Waals surface area contributed by atoms with Gasteiger partial charge in [-0.1, -0.05) is 27.7 Å². The van der Waals surface area contributed by atoms with E-state index in [1.165, 1.54) is 0 Å². The molecule has 22 heavy (non-hydrogen) atoms. The predicted octanol–water partition coefficient (Wildman–Crippen LogP) is 0.678. The lowest BCUT2D eigenvalue weighted by Crippen LogP contribution is -2.27. The maximum absolute atomic E-state index is 11.3. The summed E-state index contributed by atoms with van der Waals surface area (Å²) in [6.07, 6.45) is 0. The Balaban J connectivity index is 4.13. The minimum atomic E-state index is -0.669. The van der Waals surface area contributed by atoms with Crippen LogP contribution < -0.4 is 0 Å². The third kappa shape index (κ3) is 9.82. The third-order valence-electron chi connectivity index (χ3n) is 2.94. The van der Waals surface area contributed by atoms with Crippen molar-refractivity contribution in [3.05, 3.63) is 0 Å². The topological polar surface area (TPSA) is 59.1 Å². The summed E-state index contributed by atoms with van der Waals surface area (Å²) in [5.74, 6) is 7.61. The molecule has 0 rings (SSSR count). The van der Waals surface area contributed by atoms with Gasteiger partial charge >= 0.3 is 11.9 Å². The molecule has 122 valence electrons. The van der Waals surface area contributed by atoms with E-state index in [9.17, 15) is 9.59 Å². The third-order valence-corrected chi connectivity index (χ3v) is 2.94. The normalized spacial score (nSPS) is 9.55. The molecule has 0 amide bonds. The lowest BCUT2D eigenvalue weighted by Gasteiger charge is -2.16. The predicted molar refractivity (Wildman–Crippen MR) is 83.3 cm³/mol. The van der Waals surface area contributed by atoms with Gasteiger partial charge in [-0.3, -0.25) is 9.80 Å². The number of rotatable bonds is 8. The summed E-state index contributed by atoms with van der Waals surface area (Å²) >= 11 is 0. The van der Waals surface area contributed by atoms with Crippen molar-refractivity contribution in [2.24, 2.45) is 0 Å². The van der Waals surface area contributed by atoms with Crippen LogP contribution in [0.15, 0.2) is 0 Å². The summed E-state index contributed by atoms with van der Waals surface area (Å²) in [5, 5.41) is 0. The maximum atomic E-state index is 11.3. The van der Waals surface area contributed by atoms with E-state index in [0.29, 0.717) is 0 Å². The van der Waals surface area contributed by atoms with E-state index in [0.717, 1.165) is 26.2 Å². The van der Waals surface area contributed by atoms with Crippen LogP contribution in [0.4, 0.5) is 0 Å². The van der Waals surface area contributed by atoms with Crippen molar-refractivity contribution in [3.63, 3.8) is 0 Å². The van der Waals surface area contributed by atoms with Gasteiger partial charge in [-0.05, 0) is 38.0 Å². The molecule has 0 aliphatic carbocycles. The van der Waals surface area contributed by atoms with E-state index >= 15 is 0 Å². The molecule has 0 saturated heterocycles. The molecule has 0 aliphatic heterocycles. The second-order valence-electron chi connectivity index (χ2n) is 4.23. The second kappa shape index (κ2) is 12.7. The number of carbonyl (C=O) groups excluding carboxylic acids is 2. The Bertz CT molecular complexity index is 416. The number of nitrogens with zero attached hydrogens (tertiary/aromatic N) is 2. The van der Waals surface area contributed by atoms with Crippen LogP contribution in [0.2, 0.25) is 0 Å². The van der Waals surface area contributed by atoms with E-state index in [1.807, 2.05) is 37.5 Å². The molecule has 0 radical (unpaired) electrons. The van der Waals surface area contributed by atoms with Crippen molar-refractivity contribution in [2.75, 3.05) is 39.6 Å². The van der Waals surface area contributed by atoms with Gasteiger partial charge in [0.15, 0.2) is 0 Å². The summed E-state index contributed by atoms with van der Waals surface area (Å²) in [7, 11) is 0. The first kappa shape index (κ1) is 20.0. The van der Waals surface area contributed by atoms with Crippen LogP contribution in [0.25, 0.3) is 0 Å². The molecule has 0 atom stereocenters. The number of esters is 2. The quantitative estimate of drug-likeness (QED) is 0.284. The average Bonchev–Trinajstić information content (AvgIpc) is 2.53. The monoisotopic (exact) mass is 308 g/mol. The molecular formula is C16H24N2O4. The Morgan fingerprint density at radius 3 is 1.32 bits per heavy atom. The first-order valence-electron chi connectivity index (χ1n) is 7.37. The molecule has 0 spiro atoms. The molecule has 0 N–H and O–H groups in total. The molecule has 0 bridgehead atoms. The highest BCUT2D eigenvalue weighted by Crippen LogP contribution is 1.88. The minimum Gasteiger partial charge on any atom is -0.440 e. The fourth-order valence-electron chi connectivity index (χ4n) is 1.35. The first-order valence-corrected chi connectivity index (χ1v) is 7.37. The Hall–Kier alpha value is -2.02. The lowest BCUT2D eigenvalue weighted by atomic mass is 10.5. The maximum Gasteiger partial charge on any atom is 0.386 e. The Kier molecular flexibility index (Phi) is 11.5. The Morgan fingerprint density at radius 2 is 1.05 bits per heavy atom. The van der Waals surface area contributed by atoms with Gasteiger partial charge in [0, 0.05) is 11.8 Å². The molecule has 0 unspecified atom stereocenters. The molecule has 0 aromatic rings. The van der Waals surface area contributed by atoms with Gasteiger partial charge in [0.05, 0.1) is 0 Å². The smallest absolute Gasteiger partial charge is 0.386 e. The summed E-state index contributed by atoms with van der Waals surface area (Å²) in [6, 6.07) is 0. The SMILES string of the molecule is CCN(CC)COC(=O)C#CC#CC(=O)OCN(CC)CC. The van der Waals surface area contributed by atoms with Crippen LogP contribution in [0.5, 0.6) is 0 Å². The van der Waals surface area contributed by atoms with Crippen molar-refractivity contribution in [3.8, 4) is 23.7 Å². The number of hydrogen-bond donors (Lipinski definition) is 0. The molecule has 6 nitrogen and oxygen atoms in total. The molecular weight excluding hydrogens is 284 g/mol. The van der Waals surface area contributed by atoms with Gasteiger partial charge in [0.2, 0.25) is 0 Å². The number of ether oxygens (including phenoxy) is 2. The highest BCUT2D eigenvalue weighted by molar-refractivity contribution is 5.91. The van der Waals surface area contributed by atoms with Gasteiger partial charge in [-0.25, -0.2) is 9.59 Å². The Morgan fingerprint density at radius 1 is 0.727 bits per heavy atom. The average molecular weight is 308 g/mol. The van der Waals surface area contributed by atoms with Crippen molar-refractivity contribution in [1.82, 2.24) is 9.80 Å². The molecule has 0 fully saturated rings. The lowest BCUT2D eigenvalue weighted by molar-refractivity contribution is -0.142. The van der Waals surface area contributed by atoms with E-state index in [-0.39, 0.29) is 13.5 Å². The van der Waals surface area contributed by atoms with Crippen LogP contribution >= 0.6 is 0 Å². The molecule has 6 heteroatoms. The van der Waals surface area contributed by atoms with Crippen LogP contribution in [-0.2, 0) is 19.1 Å². The summed E-state index contributed by atoms with van der Waals surface area (Å²) in [4.78, 5) is 26.5. The Labute approximate surface area is 132 Å². The highest BCUT2D eigenvalue weighted by atomic mass is 16.5. The molecule has 0 aromatic heterocycles. The van der Waals surface area contributed by atoms with Crippen LogP contribution in [0.1, 0.15) is 27.7 Å². The van der Waals surface area contributed by atoms with E-state index in [4.69, 9.17) is 9.47 Å². The fourth-order valence-corrected chi connectivity index (χ4v) is 1.35. The van der Waals surface area contributed by atoms with Gasteiger partial charge in [-0.2, -0.15) is 0 Å².